The highest BCUT2D eigenvalue weighted by Gasteiger charge is 2.07. The topological polar surface area (TPSA) is 32.3 Å². The van der Waals surface area contributed by atoms with E-state index in [-0.39, 0.29) is 0 Å². The molecule has 0 bridgehead atoms. The first-order chi connectivity index (χ1) is 9.77. The Morgan fingerprint density at radius 1 is 0.900 bits per heavy atom. The predicted octanol–water partition coefficient (Wildman–Crippen LogP) is 3.50. The molecule has 20 heavy (non-hydrogen) atoms. The second-order valence-corrected chi connectivity index (χ2v) is 5.23. The van der Waals surface area contributed by atoms with Crippen molar-refractivity contribution in [3.63, 3.8) is 0 Å². The lowest BCUT2D eigenvalue weighted by Gasteiger charge is -2.15. The van der Waals surface area contributed by atoms with Crippen molar-refractivity contribution in [2.24, 2.45) is 0 Å². The highest BCUT2D eigenvalue weighted by atomic mass is 16.3. The quantitative estimate of drug-likeness (QED) is 0.754. The fraction of sp³-hybridized carbons (Fsp3) is 0.333. The fourth-order valence-corrected chi connectivity index (χ4v) is 2.30. The van der Waals surface area contributed by atoms with Gasteiger partial charge in [0, 0.05) is 6.54 Å². The Hall–Kier alpha value is -1.64. The molecule has 2 aromatic carbocycles. The van der Waals surface area contributed by atoms with Gasteiger partial charge in [0.15, 0.2) is 0 Å². The molecule has 0 aliphatic carbocycles. The van der Waals surface area contributed by atoms with Gasteiger partial charge in [-0.2, -0.15) is 0 Å². The average molecular weight is 269 g/mol. The van der Waals surface area contributed by atoms with Gasteiger partial charge in [-0.1, -0.05) is 67.6 Å². The molecule has 2 heteroatoms. The summed E-state index contributed by atoms with van der Waals surface area (Å²) in [6, 6.07) is 20.3. The molecular formula is C18H23NO. The van der Waals surface area contributed by atoms with E-state index in [4.69, 9.17) is 0 Å². The van der Waals surface area contributed by atoms with Crippen molar-refractivity contribution in [2.75, 3.05) is 13.1 Å². The number of aliphatic hydroxyl groups is 1. The maximum absolute atomic E-state index is 10.0. The zero-order chi connectivity index (χ0) is 14.2. The van der Waals surface area contributed by atoms with Crippen LogP contribution in [0.1, 0.15) is 36.5 Å². The molecule has 2 atom stereocenters. The second-order valence-electron chi connectivity index (χ2n) is 5.23. The van der Waals surface area contributed by atoms with Crippen LogP contribution in [0.15, 0.2) is 60.7 Å². The van der Waals surface area contributed by atoms with Crippen LogP contribution in [-0.4, -0.2) is 18.2 Å². The average Bonchev–Trinajstić information content (AvgIpc) is 2.53. The number of nitrogens with one attached hydrogen (secondary N) is 1. The van der Waals surface area contributed by atoms with Crippen molar-refractivity contribution in [3.8, 4) is 0 Å². The number of hydrogen-bond acceptors (Lipinski definition) is 2. The van der Waals surface area contributed by atoms with Gasteiger partial charge in [0.05, 0.1) is 6.10 Å². The van der Waals surface area contributed by atoms with E-state index in [0.717, 1.165) is 18.5 Å². The van der Waals surface area contributed by atoms with Gasteiger partial charge in [0.25, 0.3) is 0 Å². The van der Waals surface area contributed by atoms with Gasteiger partial charge >= 0.3 is 0 Å². The van der Waals surface area contributed by atoms with Gasteiger partial charge in [-0.25, -0.2) is 0 Å². The van der Waals surface area contributed by atoms with Crippen molar-refractivity contribution < 1.29 is 5.11 Å². The van der Waals surface area contributed by atoms with E-state index >= 15 is 0 Å². The minimum Gasteiger partial charge on any atom is -0.387 e. The largest absolute Gasteiger partial charge is 0.387 e. The van der Waals surface area contributed by atoms with Gasteiger partial charge in [-0.15, -0.1) is 0 Å². The molecule has 2 nitrogen and oxygen atoms in total. The van der Waals surface area contributed by atoms with Crippen LogP contribution in [0.2, 0.25) is 0 Å². The van der Waals surface area contributed by atoms with Gasteiger partial charge in [-0.3, -0.25) is 0 Å². The molecule has 2 rings (SSSR count). The summed E-state index contributed by atoms with van der Waals surface area (Å²) in [6.07, 6.45) is 0.647. The molecule has 0 aliphatic rings. The summed E-state index contributed by atoms with van der Waals surface area (Å²) in [4.78, 5) is 0. The highest BCUT2D eigenvalue weighted by molar-refractivity contribution is 5.19. The summed E-state index contributed by atoms with van der Waals surface area (Å²) in [5, 5.41) is 13.4. The van der Waals surface area contributed by atoms with Gasteiger partial charge in [0.2, 0.25) is 0 Å². The first-order valence-electron chi connectivity index (χ1n) is 7.26. The molecule has 0 amide bonds. The fourth-order valence-electron chi connectivity index (χ4n) is 2.30. The van der Waals surface area contributed by atoms with Gasteiger partial charge < -0.3 is 10.4 Å². The minimum atomic E-state index is -0.428. The lowest BCUT2D eigenvalue weighted by molar-refractivity contribution is 0.174. The first-order valence-corrected chi connectivity index (χ1v) is 7.26. The Balaban J connectivity index is 1.69. The molecule has 0 radical (unpaired) electrons. The van der Waals surface area contributed by atoms with Crippen LogP contribution in [0.25, 0.3) is 0 Å². The zero-order valence-electron chi connectivity index (χ0n) is 12.0. The van der Waals surface area contributed by atoms with E-state index in [1.54, 1.807) is 0 Å². The molecule has 1 unspecified atom stereocenters. The third kappa shape index (κ3) is 4.48. The van der Waals surface area contributed by atoms with Crippen LogP contribution >= 0.6 is 0 Å². The van der Waals surface area contributed by atoms with Crippen LogP contribution < -0.4 is 5.32 Å². The standard InChI is InChI=1S/C18H23NO/c1-15(16-8-4-2-5-9-16)12-13-19-14-18(20)17-10-6-3-7-11-17/h2-11,15,18-20H,12-14H2,1H3/t15-,18?/m1/s1. The SMILES string of the molecule is C[C@H](CCNCC(O)c1ccccc1)c1ccccc1. The van der Waals surface area contributed by atoms with E-state index in [1.165, 1.54) is 5.56 Å². The molecule has 0 aliphatic heterocycles. The third-order valence-corrected chi connectivity index (χ3v) is 3.64. The number of rotatable bonds is 7. The number of hydrogen-bond donors (Lipinski definition) is 2. The monoisotopic (exact) mass is 269 g/mol. The van der Waals surface area contributed by atoms with Crippen LogP contribution in [0.3, 0.4) is 0 Å². The molecule has 0 saturated heterocycles. The smallest absolute Gasteiger partial charge is 0.0914 e. The molecule has 0 spiro atoms. The maximum atomic E-state index is 10.0. The van der Waals surface area contributed by atoms with E-state index in [0.29, 0.717) is 12.5 Å². The normalized spacial score (nSPS) is 13.9. The first kappa shape index (κ1) is 14.8. The summed E-state index contributed by atoms with van der Waals surface area (Å²) in [5.41, 5.74) is 2.34. The Labute approximate surface area is 121 Å². The van der Waals surface area contributed by atoms with E-state index in [2.05, 4.69) is 36.5 Å². The lowest BCUT2D eigenvalue weighted by atomic mass is 9.98. The lowest BCUT2D eigenvalue weighted by Crippen LogP contribution is -2.23. The highest BCUT2D eigenvalue weighted by Crippen LogP contribution is 2.17. The zero-order valence-corrected chi connectivity index (χ0v) is 12.0. The van der Waals surface area contributed by atoms with E-state index in [9.17, 15) is 5.11 Å². The maximum Gasteiger partial charge on any atom is 0.0914 e. The van der Waals surface area contributed by atoms with Crippen molar-refractivity contribution >= 4 is 0 Å². The molecule has 0 saturated carbocycles. The predicted molar refractivity (Wildman–Crippen MR) is 83.7 cm³/mol. The third-order valence-electron chi connectivity index (χ3n) is 3.64. The molecular weight excluding hydrogens is 246 g/mol. The van der Waals surface area contributed by atoms with Crippen LogP contribution in [-0.2, 0) is 0 Å². The Kier molecular flexibility index (Phi) is 5.78. The summed E-state index contributed by atoms with van der Waals surface area (Å²) in [6.45, 7) is 3.76. The van der Waals surface area contributed by atoms with Gasteiger partial charge in [-0.05, 0) is 30.0 Å². The summed E-state index contributed by atoms with van der Waals surface area (Å²) >= 11 is 0. The molecule has 2 aromatic rings. The summed E-state index contributed by atoms with van der Waals surface area (Å²) in [5.74, 6) is 0.539. The van der Waals surface area contributed by atoms with Crippen LogP contribution in [0.4, 0.5) is 0 Å². The molecule has 106 valence electrons. The van der Waals surface area contributed by atoms with E-state index < -0.39 is 6.10 Å². The Bertz CT molecular complexity index is 436. The number of aliphatic hydroxyl groups excluding tert-OH is 1. The second kappa shape index (κ2) is 7.83. The molecule has 0 heterocycles. The molecule has 2 N–H and O–H groups in total. The molecule has 0 aromatic heterocycles. The Morgan fingerprint density at radius 2 is 1.45 bits per heavy atom. The van der Waals surface area contributed by atoms with Crippen LogP contribution in [0, 0.1) is 0 Å². The van der Waals surface area contributed by atoms with Crippen LogP contribution in [0.5, 0.6) is 0 Å². The van der Waals surface area contributed by atoms with Crippen molar-refractivity contribution in [2.45, 2.75) is 25.4 Å². The summed E-state index contributed by atoms with van der Waals surface area (Å²) < 4.78 is 0. The minimum absolute atomic E-state index is 0.428. The van der Waals surface area contributed by atoms with E-state index in [1.807, 2.05) is 36.4 Å². The van der Waals surface area contributed by atoms with Crippen molar-refractivity contribution in [3.05, 3.63) is 71.8 Å². The van der Waals surface area contributed by atoms with Crippen molar-refractivity contribution in [1.29, 1.82) is 0 Å². The van der Waals surface area contributed by atoms with Crippen molar-refractivity contribution in [1.82, 2.24) is 5.32 Å². The molecule has 0 fully saturated rings. The summed E-state index contributed by atoms with van der Waals surface area (Å²) in [7, 11) is 0. The van der Waals surface area contributed by atoms with Gasteiger partial charge in [0.1, 0.15) is 0 Å². The number of benzene rings is 2. The Morgan fingerprint density at radius 3 is 2.05 bits per heavy atom.